The molecule has 40 heavy (non-hydrogen) atoms. The molecule has 0 atom stereocenters. The molecule has 0 radical (unpaired) electrons. The first kappa shape index (κ1) is 29.4. The van der Waals surface area contributed by atoms with E-state index in [2.05, 4.69) is 31.3 Å². The van der Waals surface area contributed by atoms with Crippen molar-refractivity contribution in [3.8, 4) is 11.1 Å². The molecule has 3 aromatic rings. The Morgan fingerprint density at radius 3 is 2.15 bits per heavy atom. The molecule has 0 bridgehead atoms. The third kappa shape index (κ3) is 8.20. The molecule has 5 heteroatoms. The number of hydrogen-bond donors (Lipinski definition) is 1. The van der Waals surface area contributed by atoms with Gasteiger partial charge in [-0.3, -0.25) is 4.79 Å². The molecule has 0 aliphatic heterocycles. The first-order valence-corrected chi connectivity index (χ1v) is 14.5. The largest absolute Gasteiger partial charge is 0.444 e. The lowest BCUT2D eigenvalue weighted by Crippen LogP contribution is -2.45. The van der Waals surface area contributed by atoms with Gasteiger partial charge in [-0.2, -0.15) is 0 Å². The third-order valence-corrected chi connectivity index (χ3v) is 7.72. The van der Waals surface area contributed by atoms with Gasteiger partial charge in [0.2, 0.25) is 0 Å². The van der Waals surface area contributed by atoms with Gasteiger partial charge in [0.25, 0.3) is 5.91 Å². The lowest BCUT2D eigenvalue weighted by atomic mass is 9.75. The second-order valence-corrected chi connectivity index (χ2v) is 12.7. The zero-order chi connectivity index (χ0) is 28.8. The van der Waals surface area contributed by atoms with Crippen molar-refractivity contribution in [2.24, 2.45) is 5.41 Å². The summed E-state index contributed by atoms with van der Waals surface area (Å²) < 4.78 is 5.87. The van der Waals surface area contributed by atoms with E-state index in [-0.39, 0.29) is 23.5 Å². The van der Waals surface area contributed by atoms with Gasteiger partial charge in [-0.15, -0.1) is 0 Å². The van der Waals surface area contributed by atoms with E-state index in [0.717, 1.165) is 48.8 Å². The molecular weight excluding hydrogens is 496 g/mol. The summed E-state index contributed by atoms with van der Waals surface area (Å²) in [7, 11) is 0. The minimum Gasteiger partial charge on any atom is -0.444 e. The molecule has 4 rings (SSSR count). The monoisotopic (exact) mass is 540 g/mol. The van der Waals surface area contributed by atoms with E-state index in [9.17, 15) is 9.59 Å². The number of rotatable bonds is 8. The summed E-state index contributed by atoms with van der Waals surface area (Å²) in [6.07, 6.45) is 4.38. The molecule has 1 saturated carbocycles. The summed E-state index contributed by atoms with van der Waals surface area (Å²) in [6, 6.07) is 26.3. The summed E-state index contributed by atoms with van der Waals surface area (Å²) in [4.78, 5) is 29.0. The van der Waals surface area contributed by atoms with Crippen LogP contribution in [0.5, 0.6) is 0 Å². The standard InChI is InChI=1S/C35H44N2O3/c1-34(2,3)40-33(39)37(30-18-21-35(4,5)22-19-30)25-29-17-16-28(27-14-10-7-11-15-27)24-31(29)32(38)36-23-20-26-12-8-6-9-13-26/h6-17,24,30H,18-23,25H2,1-5H3,(H,36,38). The van der Waals surface area contributed by atoms with Crippen LogP contribution in [0.1, 0.15) is 81.8 Å². The Morgan fingerprint density at radius 2 is 1.52 bits per heavy atom. The lowest BCUT2D eigenvalue weighted by Gasteiger charge is -2.40. The van der Waals surface area contributed by atoms with Crippen molar-refractivity contribution in [1.29, 1.82) is 0 Å². The van der Waals surface area contributed by atoms with Gasteiger partial charge in [0.05, 0.1) is 6.54 Å². The Hall–Kier alpha value is -3.60. The van der Waals surface area contributed by atoms with Crippen LogP contribution >= 0.6 is 0 Å². The van der Waals surface area contributed by atoms with Crippen LogP contribution in [0.2, 0.25) is 0 Å². The maximum absolute atomic E-state index is 13.6. The molecule has 0 heterocycles. The number of benzene rings is 3. The van der Waals surface area contributed by atoms with E-state index >= 15 is 0 Å². The molecule has 1 aliphatic rings. The van der Waals surface area contributed by atoms with Crippen LogP contribution in [0.15, 0.2) is 78.9 Å². The number of carbonyl (C=O) groups excluding carboxylic acids is 2. The molecule has 212 valence electrons. The quantitative estimate of drug-likeness (QED) is 0.315. The molecule has 0 spiro atoms. The average Bonchev–Trinajstić information content (AvgIpc) is 2.92. The highest BCUT2D eigenvalue weighted by molar-refractivity contribution is 5.97. The van der Waals surface area contributed by atoms with Gasteiger partial charge in [0.1, 0.15) is 5.60 Å². The predicted octanol–water partition coefficient (Wildman–Crippen LogP) is 8.03. The van der Waals surface area contributed by atoms with Crippen molar-refractivity contribution in [3.63, 3.8) is 0 Å². The zero-order valence-electron chi connectivity index (χ0n) is 24.7. The van der Waals surface area contributed by atoms with Gasteiger partial charge in [0, 0.05) is 18.2 Å². The molecule has 0 saturated heterocycles. The second kappa shape index (κ2) is 12.7. The van der Waals surface area contributed by atoms with Gasteiger partial charge in [0.15, 0.2) is 0 Å². The molecule has 2 amide bonds. The predicted molar refractivity (Wildman–Crippen MR) is 162 cm³/mol. The smallest absolute Gasteiger partial charge is 0.410 e. The van der Waals surface area contributed by atoms with E-state index in [0.29, 0.717) is 18.7 Å². The number of hydrogen-bond acceptors (Lipinski definition) is 3. The maximum Gasteiger partial charge on any atom is 0.410 e. The van der Waals surface area contributed by atoms with Crippen LogP contribution in [-0.2, 0) is 17.7 Å². The highest BCUT2D eigenvalue weighted by Gasteiger charge is 2.35. The molecule has 1 fully saturated rings. The molecular formula is C35H44N2O3. The maximum atomic E-state index is 13.6. The Bertz CT molecular complexity index is 1270. The van der Waals surface area contributed by atoms with Crippen molar-refractivity contribution < 1.29 is 14.3 Å². The fourth-order valence-corrected chi connectivity index (χ4v) is 5.34. The van der Waals surface area contributed by atoms with Crippen LogP contribution < -0.4 is 5.32 Å². The van der Waals surface area contributed by atoms with Crippen LogP contribution in [0.25, 0.3) is 11.1 Å². The van der Waals surface area contributed by atoms with Crippen molar-refractivity contribution >= 4 is 12.0 Å². The van der Waals surface area contributed by atoms with Crippen molar-refractivity contribution in [2.75, 3.05) is 6.54 Å². The number of nitrogens with zero attached hydrogens (tertiary/aromatic N) is 1. The highest BCUT2D eigenvalue weighted by Crippen LogP contribution is 2.38. The van der Waals surface area contributed by atoms with Gasteiger partial charge in [-0.05, 0) is 86.6 Å². The Labute approximate surface area is 239 Å². The molecule has 1 aliphatic carbocycles. The van der Waals surface area contributed by atoms with Gasteiger partial charge >= 0.3 is 6.09 Å². The first-order chi connectivity index (χ1) is 19.0. The molecule has 0 unspecified atom stereocenters. The molecule has 3 aromatic carbocycles. The minimum atomic E-state index is -0.599. The number of carbonyl (C=O) groups is 2. The summed E-state index contributed by atoms with van der Waals surface area (Å²) in [5.41, 5.74) is 4.30. The van der Waals surface area contributed by atoms with Gasteiger partial charge in [-0.25, -0.2) is 4.79 Å². The Morgan fingerprint density at radius 1 is 0.900 bits per heavy atom. The average molecular weight is 541 g/mol. The fourth-order valence-electron chi connectivity index (χ4n) is 5.34. The SMILES string of the molecule is CC1(C)CCC(N(Cc2ccc(-c3ccccc3)cc2C(=O)NCCc2ccccc2)C(=O)OC(C)(C)C)CC1. The van der Waals surface area contributed by atoms with Gasteiger partial charge < -0.3 is 15.0 Å². The minimum absolute atomic E-state index is 0.0747. The van der Waals surface area contributed by atoms with Gasteiger partial charge in [-0.1, -0.05) is 86.6 Å². The van der Waals surface area contributed by atoms with Crippen LogP contribution in [0.3, 0.4) is 0 Å². The first-order valence-electron chi connectivity index (χ1n) is 14.5. The Balaban J connectivity index is 1.62. The van der Waals surface area contributed by atoms with Crippen molar-refractivity contribution in [1.82, 2.24) is 10.2 Å². The lowest BCUT2D eigenvalue weighted by molar-refractivity contribution is 0.00481. The zero-order valence-corrected chi connectivity index (χ0v) is 24.7. The summed E-state index contributed by atoms with van der Waals surface area (Å²) in [6.45, 7) is 11.1. The second-order valence-electron chi connectivity index (χ2n) is 12.7. The highest BCUT2D eigenvalue weighted by atomic mass is 16.6. The Kier molecular flexibility index (Phi) is 9.34. The number of ether oxygens (including phenoxy) is 1. The van der Waals surface area contributed by atoms with Crippen molar-refractivity contribution in [3.05, 3.63) is 95.6 Å². The number of amides is 2. The topological polar surface area (TPSA) is 58.6 Å². The summed E-state index contributed by atoms with van der Waals surface area (Å²) in [5, 5.41) is 3.12. The van der Waals surface area contributed by atoms with Crippen LogP contribution in [0.4, 0.5) is 4.79 Å². The normalized spacial score (nSPS) is 15.3. The van der Waals surface area contributed by atoms with E-state index < -0.39 is 5.60 Å². The molecule has 5 nitrogen and oxygen atoms in total. The van der Waals surface area contributed by atoms with E-state index in [1.54, 1.807) is 0 Å². The summed E-state index contributed by atoms with van der Waals surface area (Å²) in [5.74, 6) is -0.127. The van der Waals surface area contributed by atoms with E-state index in [4.69, 9.17) is 4.74 Å². The summed E-state index contributed by atoms with van der Waals surface area (Å²) >= 11 is 0. The molecule has 0 aromatic heterocycles. The van der Waals surface area contributed by atoms with Crippen molar-refractivity contribution in [2.45, 2.75) is 84.9 Å². The van der Waals surface area contributed by atoms with Crippen LogP contribution in [0, 0.1) is 5.41 Å². The van der Waals surface area contributed by atoms with E-state index in [1.165, 1.54) is 5.56 Å². The molecule has 1 N–H and O–H groups in total. The fraction of sp³-hybridized carbons (Fsp3) is 0.429. The van der Waals surface area contributed by atoms with E-state index in [1.807, 2.05) is 92.4 Å². The number of nitrogens with one attached hydrogen (secondary N) is 1. The third-order valence-electron chi connectivity index (χ3n) is 7.72. The van der Waals surface area contributed by atoms with Crippen LogP contribution in [-0.4, -0.2) is 35.1 Å².